The Morgan fingerprint density at radius 1 is 1.56 bits per heavy atom. The molecule has 1 saturated heterocycles. The highest BCUT2D eigenvalue weighted by atomic mass is 79.9. The Balaban J connectivity index is 2.21. The molecular formula is C13H13BrN2O2. The number of carbonyl (C=O) groups is 1. The highest BCUT2D eigenvalue weighted by molar-refractivity contribution is 9.10. The Morgan fingerprint density at radius 3 is 2.94 bits per heavy atom. The molecule has 0 amide bonds. The molecular weight excluding hydrogens is 296 g/mol. The molecule has 94 valence electrons. The monoisotopic (exact) mass is 308 g/mol. The van der Waals surface area contributed by atoms with Crippen LogP contribution in [0.4, 0.5) is 5.69 Å². The summed E-state index contributed by atoms with van der Waals surface area (Å²) in [7, 11) is 0. The Labute approximate surface area is 114 Å². The predicted molar refractivity (Wildman–Crippen MR) is 71.4 cm³/mol. The summed E-state index contributed by atoms with van der Waals surface area (Å²) in [5.41, 5.74) is 1.55. The molecule has 0 radical (unpaired) electrons. The molecule has 1 aliphatic rings. The van der Waals surface area contributed by atoms with E-state index in [0.717, 1.165) is 29.5 Å². The molecule has 0 bridgehead atoms. The van der Waals surface area contributed by atoms with Gasteiger partial charge in [-0.15, -0.1) is 0 Å². The molecule has 5 heteroatoms. The molecule has 0 saturated carbocycles. The molecule has 1 heterocycles. The first kappa shape index (κ1) is 12.9. The van der Waals surface area contributed by atoms with Gasteiger partial charge >= 0.3 is 5.97 Å². The fourth-order valence-electron chi connectivity index (χ4n) is 2.23. The molecule has 1 unspecified atom stereocenters. The zero-order valence-electron chi connectivity index (χ0n) is 9.77. The van der Waals surface area contributed by atoms with Gasteiger partial charge in [0.25, 0.3) is 0 Å². The van der Waals surface area contributed by atoms with Crippen LogP contribution in [0, 0.1) is 17.2 Å². The van der Waals surface area contributed by atoms with E-state index in [1.807, 2.05) is 6.07 Å². The predicted octanol–water partition coefficient (Wildman–Crippen LogP) is 2.62. The lowest BCUT2D eigenvalue weighted by atomic mass is 9.98. The Hall–Kier alpha value is -1.54. The van der Waals surface area contributed by atoms with Crippen LogP contribution in [0.2, 0.25) is 0 Å². The molecule has 0 aliphatic carbocycles. The van der Waals surface area contributed by atoms with Gasteiger partial charge in [0.2, 0.25) is 0 Å². The average molecular weight is 309 g/mol. The zero-order valence-corrected chi connectivity index (χ0v) is 11.4. The van der Waals surface area contributed by atoms with Crippen molar-refractivity contribution in [2.24, 2.45) is 5.92 Å². The van der Waals surface area contributed by atoms with E-state index in [2.05, 4.69) is 26.9 Å². The smallest absolute Gasteiger partial charge is 0.308 e. The number of rotatable bonds is 2. The van der Waals surface area contributed by atoms with Gasteiger partial charge in [0.15, 0.2) is 0 Å². The number of anilines is 1. The van der Waals surface area contributed by atoms with Crippen LogP contribution in [0.25, 0.3) is 0 Å². The molecule has 2 rings (SSSR count). The van der Waals surface area contributed by atoms with Crippen LogP contribution in [0.5, 0.6) is 0 Å². The van der Waals surface area contributed by atoms with Crippen LogP contribution >= 0.6 is 15.9 Å². The number of halogens is 1. The van der Waals surface area contributed by atoms with Crippen molar-refractivity contribution in [3.05, 3.63) is 28.2 Å². The van der Waals surface area contributed by atoms with E-state index < -0.39 is 5.97 Å². The minimum Gasteiger partial charge on any atom is -0.481 e. The Bertz CT molecular complexity index is 510. The van der Waals surface area contributed by atoms with Gasteiger partial charge in [0.05, 0.1) is 23.2 Å². The van der Waals surface area contributed by atoms with Crippen molar-refractivity contribution in [1.29, 1.82) is 5.26 Å². The molecule has 18 heavy (non-hydrogen) atoms. The fourth-order valence-corrected chi connectivity index (χ4v) is 2.86. The topological polar surface area (TPSA) is 64.3 Å². The lowest BCUT2D eigenvalue weighted by Crippen LogP contribution is -2.38. The van der Waals surface area contributed by atoms with Gasteiger partial charge < -0.3 is 10.0 Å². The van der Waals surface area contributed by atoms with Crippen molar-refractivity contribution in [3.8, 4) is 6.07 Å². The molecule has 0 aromatic heterocycles. The summed E-state index contributed by atoms with van der Waals surface area (Å²) >= 11 is 3.44. The summed E-state index contributed by atoms with van der Waals surface area (Å²) < 4.78 is 0.840. The maximum atomic E-state index is 11.0. The zero-order chi connectivity index (χ0) is 13.1. The lowest BCUT2D eigenvalue weighted by Gasteiger charge is -2.33. The van der Waals surface area contributed by atoms with Gasteiger partial charge in [-0.25, -0.2) is 0 Å². The molecule has 4 nitrogen and oxygen atoms in total. The van der Waals surface area contributed by atoms with Gasteiger partial charge in [0, 0.05) is 17.6 Å². The summed E-state index contributed by atoms with van der Waals surface area (Å²) in [5, 5.41) is 17.9. The molecule has 1 N–H and O–H groups in total. The standard InChI is InChI=1S/C13H13BrN2O2/c14-11-6-9(7-15)3-4-12(11)16-5-1-2-10(8-16)13(17)18/h3-4,6,10H,1-2,5,8H2,(H,17,18). The second-order valence-corrected chi connectivity index (χ2v) is 5.26. The second kappa shape index (κ2) is 5.40. The number of aliphatic carboxylic acids is 1. The number of carboxylic acid groups (broad SMARTS) is 1. The normalized spacial score (nSPS) is 19.3. The molecule has 1 aliphatic heterocycles. The van der Waals surface area contributed by atoms with E-state index in [1.165, 1.54) is 0 Å². The number of hydrogen-bond donors (Lipinski definition) is 1. The summed E-state index contributed by atoms with van der Waals surface area (Å²) in [5.74, 6) is -1.04. The average Bonchev–Trinajstić information content (AvgIpc) is 2.38. The first-order chi connectivity index (χ1) is 8.61. The quantitative estimate of drug-likeness (QED) is 0.912. The first-order valence-corrected chi connectivity index (χ1v) is 6.58. The van der Waals surface area contributed by atoms with E-state index in [9.17, 15) is 4.79 Å². The van der Waals surface area contributed by atoms with Crippen molar-refractivity contribution in [2.75, 3.05) is 18.0 Å². The van der Waals surface area contributed by atoms with E-state index in [-0.39, 0.29) is 5.92 Å². The number of nitrogens with zero attached hydrogens (tertiary/aromatic N) is 2. The third-order valence-corrected chi connectivity index (χ3v) is 3.82. The minimum atomic E-state index is -0.732. The van der Waals surface area contributed by atoms with Gasteiger partial charge in [-0.1, -0.05) is 0 Å². The number of carboxylic acids is 1. The largest absolute Gasteiger partial charge is 0.481 e. The lowest BCUT2D eigenvalue weighted by molar-refractivity contribution is -0.141. The minimum absolute atomic E-state index is 0.304. The molecule has 1 aromatic carbocycles. The molecule has 0 spiro atoms. The molecule has 1 aromatic rings. The van der Waals surface area contributed by atoms with E-state index in [4.69, 9.17) is 10.4 Å². The van der Waals surface area contributed by atoms with Crippen molar-refractivity contribution >= 4 is 27.6 Å². The van der Waals surface area contributed by atoms with E-state index in [0.29, 0.717) is 12.1 Å². The van der Waals surface area contributed by atoms with Crippen molar-refractivity contribution in [1.82, 2.24) is 0 Å². The fraction of sp³-hybridized carbons (Fsp3) is 0.385. The van der Waals surface area contributed by atoms with Crippen LogP contribution in [-0.4, -0.2) is 24.2 Å². The van der Waals surface area contributed by atoms with Crippen molar-refractivity contribution in [3.63, 3.8) is 0 Å². The van der Waals surface area contributed by atoms with E-state index in [1.54, 1.807) is 12.1 Å². The summed E-state index contributed by atoms with van der Waals surface area (Å²) in [6, 6.07) is 7.47. The Morgan fingerprint density at radius 2 is 2.33 bits per heavy atom. The van der Waals surface area contributed by atoms with E-state index >= 15 is 0 Å². The second-order valence-electron chi connectivity index (χ2n) is 4.40. The Kier molecular flexibility index (Phi) is 3.87. The van der Waals surface area contributed by atoms with Crippen molar-refractivity contribution in [2.45, 2.75) is 12.8 Å². The van der Waals surface area contributed by atoms with Crippen molar-refractivity contribution < 1.29 is 9.90 Å². The number of benzene rings is 1. The third kappa shape index (κ3) is 2.65. The van der Waals surface area contributed by atoms with Crippen LogP contribution in [0.15, 0.2) is 22.7 Å². The van der Waals surface area contributed by atoms with Crippen LogP contribution < -0.4 is 4.90 Å². The highest BCUT2D eigenvalue weighted by Crippen LogP contribution is 2.30. The van der Waals surface area contributed by atoms with Gasteiger partial charge in [0.1, 0.15) is 0 Å². The SMILES string of the molecule is N#Cc1ccc(N2CCCC(C(=O)O)C2)c(Br)c1. The molecule has 1 fully saturated rings. The molecule has 1 atom stereocenters. The number of piperidine rings is 1. The number of hydrogen-bond acceptors (Lipinski definition) is 3. The van der Waals surface area contributed by atoms with Crippen LogP contribution in [0.1, 0.15) is 18.4 Å². The highest BCUT2D eigenvalue weighted by Gasteiger charge is 2.26. The van der Waals surface area contributed by atoms with Crippen LogP contribution in [0.3, 0.4) is 0 Å². The number of nitriles is 1. The van der Waals surface area contributed by atoms with Gasteiger partial charge in [-0.05, 0) is 47.0 Å². The third-order valence-electron chi connectivity index (χ3n) is 3.19. The first-order valence-electron chi connectivity index (χ1n) is 5.79. The summed E-state index contributed by atoms with van der Waals surface area (Å²) in [6.07, 6.45) is 1.61. The van der Waals surface area contributed by atoms with Gasteiger partial charge in [-0.3, -0.25) is 4.79 Å². The summed E-state index contributed by atoms with van der Waals surface area (Å²) in [6.45, 7) is 1.38. The maximum Gasteiger partial charge on any atom is 0.308 e. The van der Waals surface area contributed by atoms with Crippen LogP contribution in [-0.2, 0) is 4.79 Å². The van der Waals surface area contributed by atoms with Gasteiger partial charge in [-0.2, -0.15) is 5.26 Å². The summed E-state index contributed by atoms with van der Waals surface area (Å²) in [4.78, 5) is 13.1. The maximum absolute atomic E-state index is 11.0.